The van der Waals surface area contributed by atoms with Crippen LogP contribution in [0.1, 0.15) is 5.69 Å². The highest BCUT2D eigenvalue weighted by Crippen LogP contribution is 2.15. The first-order chi connectivity index (χ1) is 7.42. The maximum Gasteiger partial charge on any atom is 0.104 e. The molecule has 0 saturated heterocycles. The molecule has 2 heterocycles. The third-order valence-electron chi connectivity index (χ3n) is 1.92. The van der Waals surface area contributed by atoms with E-state index in [-0.39, 0.29) is 0 Å². The zero-order chi connectivity index (χ0) is 10.5. The van der Waals surface area contributed by atoms with Gasteiger partial charge in [0.2, 0.25) is 0 Å². The van der Waals surface area contributed by atoms with E-state index >= 15 is 0 Å². The van der Waals surface area contributed by atoms with Crippen LogP contribution in [0, 0.1) is 11.3 Å². The van der Waals surface area contributed by atoms with Crippen LogP contribution in [-0.4, -0.2) is 11.3 Å². The first-order valence-electron chi connectivity index (χ1n) is 4.42. The minimum atomic E-state index is 0.512. The van der Waals surface area contributed by atoms with Crippen LogP contribution in [0.25, 0.3) is 5.57 Å². The number of nitriles is 1. The molecule has 0 unspecified atom stereocenters. The number of hydrogen-bond acceptors (Lipinski definition) is 4. The molecule has 2 rings (SSSR count). The van der Waals surface area contributed by atoms with Gasteiger partial charge in [-0.2, -0.15) is 5.26 Å². The number of hydrogen-bond donors (Lipinski definition) is 1. The summed E-state index contributed by atoms with van der Waals surface area (Å²) in [5, 5.41) is 12.0. The van der Waals surface area contributed by atoms with Gasteiger partial charge in [0.15, 0.2) is 0 Å². The van der Waals surface area contributed by atoms with Crippen LogP contribution in [-0.2, 0) is 0 Å². The Morgan fingerprint density at radius 3 is 2.93 bits per heavy atom. The molecule has 0 radical (unpaired) electrons. The van der Waals surface area contributed by atoms with Gasteiger partial charge in [-0.05, 0) is 18.2 Å². The van der Waals surface area contributed by atoms with Crippen molar-refractivity contribution in [2.45, 2.75) is 0 Å². The fourth-order valence-corrected chi connectivity index (χ4v) is 1.24. The zero-order valence-corrected chi connectivity index (χ0v) is 7.88. The molecular formula is C11H8N4. The molecular weight excluding hydrogens is 188 g/mol. The van der Waals surface area contributed by atoms with Crippen LogP contribution >= 0.6 is 0 Å². The van der Waals surface area contributed by atoms with Crippen LogP contribution < -0.4 is 5.32 Å². The quantitative estimate of drug-likeness (QED) is 0.692. The molecule has 0 atom stereocenters. The molecule has 0 aliphatic carbocycles. The number of nitrogens with one attached hydrogen (secondary N) is 1. The number of nitrogens with zero attached hydrogens (tertiary/aromatic N) is 3. The molecule has 1 aromatic heterocycles. The second-order valence-electron chi connectivity index (χ2n) is 2.85. The van der Waals surface area contributed by atoms with Gasteiger partial charge >= 0.3 is 0 Å². The first-order valence-corrected chi connectivity index (χ1v) is 4.42. The normalized spacial score (nSPS) is 16.7. The molecule has 1 N–H and O–H groups in total. The van der Waals surface area contributed by atoms with Crippen LogP contribution in [0.2, 0.25) is 0 Å². The Hall–Kier alpha value is -2.41. The van der Waals surface area contributed by atoms with Crippen molar-refractivity contribution >= 4 is 11.9 Å². The Bertz CT molecular complexity index is 477. The molecule has 1 aromatic rings. The van der Waals surface area contributed by atoms with Crippen molar-refractivity contribution in [2.75, 3.05) is 0 Å². The van der Waals surface area contributed by atoms with Crippen molar-refractivity contribution < 1.29 is 0 Å². The summed E-state index contributed by atoms with van der Waals surface area (Å²) < 4.78 is 0. The van der Waals surface area contributed by atoms with Crippen molar-refractivity contribution in [3.63, 3.8) is 0 Å². The average molecular weight is 196 g/mol. The van der Waals surface area contributed by atoms with Gasteiger partial charge in [-0.3, -0.25) is 4.98 Å². The van der Waals surface area contributed by atoms with Gasteiger partial charge in [-0.1, -0.05) is 6.07 Å². The van der Waals surface area contributed by atoms with Crippen molar-refractivity contribution in [3.05, 3.63) is 48.1 Å². The summed E-state index contributed by atoms with van der Waals surface area (Å²) in [6.45, 7) is 0. The predicted molar refractivity (Wildman–Crippen MR) is 57.5 cm³/mol. The van der Waals surface area contributed by atoms with Gasteiger partial charge in [0.1, 0.15) is 11.6 Å². The molecule has 0 fully saturated rings. The highest BCUT2D eigenvalue weighted by molar-refractivity contribution is 5.81. The minimum absolute atomic E-state index is 0.512. The predicted octanol–water partition coefficient (Wildman–Crippen LogP) is 1.46. The van der Waals surface area contributed by atoms with Crippen molar-refractivity contribution in [1.82, 2.24) is 10.3 Å². The van der Waals surface area contributed by atoms with E-state index in [0.29, 0.717) is 17.0 Å². The number of aromatic nitrogens is 1. The van der Waals surface area contributed by atoms with Gasteiger partial charge in [0.05, 0.1) is 17.7 Å². The lowest BCUT2D eigenvalue weighted by molar-refractivity contribution is 1.16. The monoisotopic (exact) mass is 196 g/mol. The second kappa shape index (κ2) is 4.20. The van der Waals surface area contributed by atoms with Gasteiger partial charge in [0.25, 0.3) is 0 Å². The summed E-state index contributed by atoms with van der Waals surface area (Å²) in [7, 11) is 0. The standard InChI is InChI=1S/C11H8N4/c12-7-9(10-3-1-2-5-14-10)11-4-6-13-8-15-11/h1-6,8H,(H,13,15)/b11-9-. The van der Waals surface area contributed by atoms with E-state index in [1.54, 1.807) is 24.5 Å². The molecule has 15 heavy (non-hydrogen) atoms. The third kappa shape index (κ3) is 1.92. The number of rotatable bonds is 1. The van der Waals surface area contributed by atoms with Gasteiger partial charge in [-0.15, -0.1) is 0 Å². The highest BCUT2D eigenvalue weighted by atomic mass is 15.0. The maximum atomic E-state index is 9.07. The lowest BCUT2D eigenvalue weighted by atomic mass is 10.1. The second-order valence-corrected chi connectivity index (χ2v) is 2.85. The molecule has 0 spiro atoms. The van der Waals surface area contributed by atoms with E-state index in [9.17, 15) is 0 Å². The van der Waals surface area contributed by atoms with Gasteiger partial charge in [0, 0.05) is 12.4 Å². The largest absolute Gasteiger partial charge is 0.345 e. The average Bonchev–Trinajstić information content (AvgIpc) is 2.33. The molecule has 0 bridgehead atoms. The molecule has 0 aromatic carbocycles. The fourth-order valence-electron chi connectivity index (χ4n) is 1.24. The summed E-state index contributed by atoms with van der Waals surface area (Å²) in [6.07, 6.45) is 6.57. The molecule has 1 aliphatic heterocycles. The Kier molecular flexibility index (Phi) is 2.56. The lowest BCUT2D eigenvalue weighted by Gasteiger charge is -2.07. The Morgan fingerprint density at radius 1 is 1.40 bits per heavy atom. The lowest BCUT2D eigenvalue weighted by Crippen LogP contribution is -2.13. The molecule has 72 valence electrons. The summed E-state index contributed by atoms with van der Waals surface area (Å²) >= 11 is 0. The SMILES string of the molecule is N#C/C(=C1\C=CN=CN1)c1ccccn1. The molecule has 1 aliphatic rings. The Labute approximate surface area is 87.3 Å². The van der Waals surface area contributed by atoms with E-state index in [4.69, 9.17) is 5.26 Å². The molecule has 4 heteroatoms. The van der Waals surface area contributed by atoms with Crippen LogP contribution in [0.15, 0.2) is 47.4 Å². The van der Waals surface area contributed by atoms with Crippen LogP contribution in [0.5, 0.6) is 0 Å². The minimum Gasteiger partial charge on any atom is -0.345 e. The van der Waals surface area contributed by atoms with E-state index in [1.807, 2.05) is 12.1 Å². The van der Waals surface area contributed by atoms with Gasteiger partial charge < -0.3 is 5.32 Å². The highest BCUT2D eigenvalue weighted by Gasteiger charge is 2.07. The maximum absolute atomic E-state index is 9.07. The van der Waals surface area contributed by atoms with Gasteiger partial charge in [-0.25, -0.2) is 4.99 Å². The molecule has 0 saturated carbocycles. The van der Waals surface area contributed by atoms with E-state index in [0.717, 1.165) is 0 Å². The third-order valence-corrected chi connectivity index (χ3v) is 1.92. The Balaban J connectivity index is 2.46. The summed E-state index contributed by atoms with van der Waals surface area (Å²) in [6, 6.07) is 7.59. The zero-order valence-electron chi connectivity index (χ0n) is 7.88. The molecule has 4 nitrogen and oxygen atoms in total. The van der Waals surface area contributed by atoms with E-state index in [1.165, 1.54) is 6.34 Å². The number of aliphatic imine (C=N–C) groups is 1. The summed E-state index contributed by atoms with van der Waals surface area (Å²) in [4.78, 5) is 7.98. The van der Waals surface area contributed by atoms with E-state index < -0.39 is 0 Å². The number of pyridine rings is 1. The fraction of sp³-hybridized carbons (Fsp3) is 0. The smallest absolute Gasteiger partial charge is 0.104 e. The van der Waals surface area contributed by atoms with Crippen LogP contribution in [0.3, 0.4) is 0 Å². The van der Waals surface area contributed by atoms with Crippen molar-refractivity contribution in [3.8, 4) is 6.07 Å². The van der Waals surface area contributed by atoms with Crippen LogP contribution in [0.4, 0.5) is 0 Å². The Morgan fingerprint density at radius 2 is 2.33 bits per heavy atom. The number of allylic oxidation sites excluding steroid dienone is 2. The van der Waals surface area contributed by atoms with Crippen molar-refractivity contribution in [2.24, 2.45) is 4.99 Å². The van der Waals surface area contributed by atoms with E-state index in [2.05, 4.69) is 21.4 Å². The van der Waals surface area contributed by atoms with Crippen molar-refractivity contribution in [1.29, 1.82) is 5.26 Å². The summed E-state index contributed by atoms with van der Waals surface area (Å²) in [5.41, 5.74) is 1.88. The topological polar surface area (TPSA) is 61.1 Å². The molecule has 0 amide bonds. The summed E-state index contributed by atoms with van der Waals surface area (Å²) in [5.74, 6) is 0. The first kappa shape index (κ1) is 9.16.